The maximum atomic E-state index is 12.3. The van der Waals surface area contributed by atoms with Crippen LogP contribution in [-0.4, -0.2) is 10.9 Å². The zero-order valence-corrected chi connectivity index (χ0v) is 14.3. The summed E-state index contributed by atoms with van der Waals surface area (Å²) in [6.45, 7) is 3.94. The molecule has 25 heavy (non-hydrogen) atoms. The van der Waals surface area contributed by atoms with Gasteiger partial charge in [-0.1, -0.05) is 54.6 Å². The number of aromatic nitrogens is 1. The van der Waals surface area contributed by atoms with Crippen LogP contribution in [0, 0.1) is 13.8 Å². The molecule has 3 aromatic rings. The van der Waals surface area contributed by atoms with E-state index in [9.17, 15) is 9.59 Å². The average molecular weight is 332 g/mol. The van der Waals surface area contributed by atoms with Gasteiger partial charge < -0.3 is 10.3 Å². The number of carbonyl (C=O) groups excluding carboxylic acids is 1. The van der Waals surface area contributed by atoms with Crippen LogP contribution >= 0.6 is 0 Å². The van der Waals surface area contributed by atoms with Crippen LogP contribution in [0.2, 0.25) is 0 Å². The van der Waals surface area contributed by atoms with Gasteiger partial charge in [-0.25, -0.2) is 0 Å². The number of carbonyl (C=O) groups is 1. The minimum atomic E-state index is -0.356. The van der Waals surface area contributed by atoms with E-state index in [-0.39, 0.29) is 17.0 Å². The molecule has 0 radical (unpaired) electrons. The normalized spacial score (nSPS) is 10.5. The summed E-state index contributed by atoms with van der Waals surface area (Å²) in [6, 6.07) is 19.9. The monoisotopic (exact) mass is 332 g/mol. The number of amides is 1. The lowest BCUT2D eigenvalue weighted by Crippen LogP contribution is -2.30. The fraction of sp³-hybridized carbons (Fsp3) is 0.143. The number of hydrogen-bond acceptors (Lipinski definition) is 2. The highest BCUT2D eigenvalue weighted by molar-refractivity contribution is 5.95. The quantitative estimate of drug-likeness (QED) is 0.767. The number of aromatic amines is 1. The second-order valence-electron chi connectivity index (χ2n) is 6.09. The standard InChI is InChI=1S/C21H20N2O2/c1-14-12-15(2)23-21(25)19(14)20(24)22-13-16-8-10-18(11-9-16)17-6-4-3-5-7-17/h3-12H,13H2,1-2H3,(H,22,24)(H,23,25). The summed E-state index contributed by atoms with van der Waals surface area (Å²) in [7, 11) is 0. The van der Waals surface area contributed by atoms with E-state index in [4.69, 9.17) is 0 Å². The number of hydrogen-bond donors (Lipinski definition) is 2. The molecule has 0 atom stereocenters. The lowest BCUT2D eigenvalue weighted by molar-refractivity contribution is 0.0948. The molecule has 0 aliphatic heterocycles. The molecule has 1 heterocycles. The van der Waals surface area contributed by atoms with Gasteiger partial charge in [0.15, 0.2) is 0 Å². The summed E-state index contributed by atoms with van der Waals surface area (Å²) in [5.41, 5.74) is 4.50. The number of aryl methyl sites for hydroxylation is 2. The van der Waals surface area contributed by atoms with Crippen LogP contribution < -0.4 is 10.9 Å². The van der Waals surface area contributed by atoms with Gasteiger partial charge >= 0.3 is 0 Å². The van der Waals surface area contributed by atoms with Crippen molar-refractivity contribution in [1.82, 2.24) is 10.3 Å². The van der Waals surface area contributed by atoms with Gasteiger partial charge in [0.25, 0.3) is 11.5 Å². The predicted molar refractivity (Wildman–Crippen MR) is 99.6 cm³/mol. The maximum Gasteiger partial charge on any atom is 0.261 e. The Hall–Kier alpha value is -3.14. The molecule has 0 fully saturated rings. The Morgan fingerprint density at radius 1 is 0.960 bits per heavy atom. The second kappa shape index (κ2) is 7.18. The van der Waals surface area contributed by atoms with Crippen LogP contribution in [0.25, 0.3) is 11.1 Å². The predicted octanol–water partition coefficient (Wildman–Crippen LogP) is 3.59. The maximum absolute atomic E-state index is 12.3. The summed E-state index contributed by atoms with van der Waals surface area (Å²) in [5, 5.41) is 2.82. The number of rotatable bonds is 4. The molecular weight excluding hydrogens is 312 g/mol. The molecule has 126 valence electrons. The van der Waals surface area contributed by atoms with Crippen LogP contribution in [0.1, 0.15) is 27.2 Å². The van der Waals surface area contributed by atoms with Gasteiger partial charge in [0.1, 0.15) is 5.56 Å². The number of nitrogens with one attached hydrogen (secondary N) is 2. The van der Waals surface area contributed by atoms with Gasteiger partial charge in [0.05, 0.1) is 0 Å². The van der Waals surface area contributed by atoms with Crippen LogP contribution in [0.3, 0.4) is 0 Å². The van der Waals surface area contributed by atoms with Gasteiger partial charge in [-0.2, -0.15) is 0 Å². The Morgan fingerprint density at radius 3 is 2.24 bits per heavy atom. The van der Waals surface area contributed by atoms with Crippen LogP contribution in [0.15, 0.2) is 65.5 Å². The number of pyridine rings is 1. The first-order valence-corrected chi connectivity index (χ1v) is 8.17. The lowest BCUT2D eigenvalue weighted by atomic mass is 10.0. The first-order chi connectivity index (χ1) is 12.0. The summed E-state index contributed by atoms with van der Waals surface area (Å²) in [4.78, 5) is 27.0. The molecule has 4 heteroatoms. The van der Waals surface area contributed by atoms with Gasteiger partial charge in [-0.15, -0.1) is 0 Å². The summed E-state index contributed by atoms with van der Waals surface area (Å²) < 4.78 is 0. The topological polar surface area (TPSA) is 62.0 Å². The van der Waals surface area contributed by atoms with Crippen molar-refractivity contribution in [3.63, 3.8) is 0 Å². The van der Waals surface area contributed by atoms with Crippen molar-refractivity contribution in [2.75, 3.05) is 0 Å². The van der Waals surface area contributed by atoms with E-state index in [2.05, 4.69) is 22.4 Å². The molecule has 2 N–H and O–H groups in total. The Morgan fingerprint density at radius 2 is 1.60 bits per heavy atom. The smallest absolute Gasteiger partial charge is 0.261 e. The second-order valence-corrected chi connectivity index (χ2v) is 6.09. The first kappa shape index (κ1) is 16.7. The third-order valence-electron chi connectivity index (χ3n) is 4.11. The minimum Gasteiger partial charge on any atom is -0.348 e. The zero-order chi connectivity index (χ0) is 17.8. The molecule has 4 nitrogen and oxygen atoms in total. The van der Waals surface area contributed by atoms with Crippen molar-refractivity contribution in [2.24, 2.45) is 0 Å². The number of H-pyrrole nitrogens is 1. The van der Waals surface area contributed by atoms with Crippen molar-refractivity contribution in [1.29, 1.82) is 0 Å². The molecule has 1 aromatic heterocycles. The molecule has 1 amide bonds. The molecule has 2 aromatic carbocycles. The van der Waals surface area contributed by atoms with Crippen molar-refractivity contribution in [3.8, 4) is 11.1 Å². The van der Waals surface area contributed by atoms with Gasteiger partial charge in [0.2, 0.25) is 0 Å². The Bertz CT molecular complexity index is 942. The third kappa shape index (κ3) is 3.86. The first-order valence-electron chi connectivity index (χ1n) is 8.17. The van der Waals surface area contributed by atoms with Gasteiger partial charge in [0, 0.05) is 12.2 Å². The largest absolute Gasteiger partial charge is 0.348 e. The third-order valence-corrected chi connectivity index (χ3v) is 4.11. The van der Waals surface area contributed by atoms with E-state index in [0.29, 0.717) is 12.1 Å². The van der Waals surface area contributed by atoms with Gasteiger partial charge in [-0.3, -0.25) is 9.59 Å². The fourth-order valence-corrected chi connectivity index (χ4v) is 2.85. The lowest BCUT2D eigenvalue weighted by Gasteiger charge is -2.09. The van der Waals surface area contributed by atoms with E-state index in [1.165, 1.54) is 0 Å². The van der Waals surface area contributed by atoms with E-state index in [1.807, 2.05) is 42.5 Å². The van der Waals surface area contributed by atoms with E-state index < -0.39 is 0 Å². The average Bonchev–Trinajstić information content (AvgIpc) is 2.60. The molecule has 0 aliphatic rings. The SMILES string of the molecule is Cc1cc(C)c(C(=O)NCc2ccc(-c3ccccc3)cc2)c(=O)[nH]1. The minimum absolute atomic E-state index is 0.173. The Labute approximate surface area is 146 Å². The van der Waals surface area contributed by atoms with Crippen molar-refractivity contribution >= 4 is 5.91 Å². The highest BCUT2D eigenvalue weighted by Crippen LogP contribution is 2.19. The summed E-state index contributed by atoms with van der Waals surface area (Å²) >= 11 is 0. The highest BCUT2D eigenvalue weighted by Gasteiger charge is 2.13. The summed E-state index contributed by atoms with van der Waals surface area (Å²) in [5.74, 6) is -0.356. The van der Waals surface area contributed by atoms with Crippen molar-refractivity contribution < 1.29 is 4.79 Å². The van der Waals surface area contributed by atoms with Crippen LogP contribution in [0.5, 0.6) is 0 Å². The Balaban J connectivity index is 1.70. The zero-order valence-electron chi connectivity index (χ0n) is 14.3. The molecule has 0 unspecified atom stereocenters. The highest BCUT2D eigenvalue weighted by atomic mass is 16.2. The molecule has 0 spiro atoms. The number of benzene rings is 2. The summed E-state index contributed by atoms with van der Waals surface area (Å²) in [6.07, 6.45) is 0. The van der Waals surface area contributed by atoms with Crippen LogP contribution in [-0.2, 0) is 6.54 Å². The van der Waals surface area contributed by atoms with E-state index in [1.54, 1.807) is 19.9 Å². The molecule has 0 aliphatic carbocycles. The fourth-order valence-electron chi connectivity index (χ4n) is 2.85. The van der Waals surface area contributed by atoms with E-state index in [0.717, 1.165) is 22.4 Å². The molecular formula is C21H20N2O2. The van der Waals surface area contributed by atoms with Crippen LogP contribution in [0.4, 0.5) is 0 Å². The molecule has 0 saturated carbocycles. The van der Waals surface area contributed by atoms with Crippen molar-refractivity contribution in [3.05, 3.63) is 93.4 Å². The molecule has 0 bridgehead atoms. The molecule has 3 rings (SSSR count). The van der Waals surface area contributed by atoms with Gasteiger partial charge in [-0.05, 0) is 42.2 Å². The Kier molecular flexibility index (Phi) is 4.80. The molecule has 0 saturated heterocycles. The van der Waals surface area contributed by atoms with E-state index >= 15 is 0 Å². The van der Waals surface area contributed by atoms with Crippen molar-refractivity contribution in [2.45, 2.75) is 20.4 Å².